The Bertz CT molecular complexity index is 1230. The number of hydrogen-bond acceptors (Lipinski definition) is 4. The summed E-state index contributed by atoms with van der Waals surface area (Å²) in [5, 5.41) is 5.34. The zero-order chi connectivity index (χ0) is 20.0. The molecule has 0 saturated heterocycles. The van der Waals surface area contributed by atoms with Gasteiger partial charge in [-0.3, -0.25) is 0 Å². The predicted molar refractivity (Wildman–Crippen MR) is 111 cm³/mol. The van der Waals surface area contributed by atoms with E-state index < -0.39 is 0 Å². The molecule has 0 amide bonds. The lowest BCUT2D eigenvalue weighted by Crippen LogP contribution is -2.27. The topological polar surface area (TPSA) is 43.2 Å². The Morgan fingerprint density at radius 1 is 1.03 bits per heavy atom. The highest BCUT2D eigenvalue weighted by Gasteiger charge is 2.23. The Hall–Kier alpha value is -3.67. The normalized spacial score (nSPS) is 16.2. The summed E-state index contributed by atoms with van der Waals surface area (Å²) in [4.78, 5) is 6.48. The molecule has 0 fully saturated rings. The Morgan fingerprint density at radius 2 is 1.86 bits per heavy atom. The number of allylic oxidation sites excluding steroid dienone is 1. The molecule has 1 aliphatic heterocycles. The van der Waals surface area contributed by atoms with Crippen molar-refractivity contribution in [1.29, 1.82) is 0 Å². The van der Waals surface area contributed by atoms with Gasteiger partial charge in [-0.05, 0) is 43.7 Å². The lowest BCUT2D eigenvalue weighted by Gasteiger charge is -2.24. The minimum absolute atomic E-state index is 0.139. The number of rotatable bonds is 3. The molecule has 1 aliphatic rings. The van der Waals surface area contributed by atoms with Gasteiger partial charge in [-0.25, -0.2) is 14.1 Å². The van der Waals surface area contributed by atoms with E-state index in [1.54, 1.807) is 29.3 Å². The molecule has 0 radical (unpaired) electrons. The van der Waals surface area contributed by atoms with Crippen molar-refractivity contribution in [2.24, 2.45) is 0 Å². The molecule has 144 valence electrons. The molecule has 0 saturated carbocycles. The van der Waals surface area contributed by atoms with Gasteiger partial charge in [-0.15, -0.1) is 5.10 Å². The van der Waals surface area contributed by atoms with E-state index in [-0.39, 0.29) is 12.0 Å². The third-order valence-corrected chi connectivity index (χ3v) is 5.10. The zero-order valence-electron chi connectivity index (χ0n) is 16.1. The SMILES string of the molecule is CC1=COC(C)N1c1ccc(F)c(-n2cc3cc(-c4ccccc4)cnc3n2)c1. The van der Waals surface area contributed by atoms with Crippen LogP contribution in [0.4, 0.5) is 10.1 Å². The molecule has 5 nitrogen and oxygen atoms in total. The minimum Gasteiger partial charge on any atom is -0.476 e. The molecule has 2 aromatic carbocycles. The Labute approximate surface area is 167 Å². The van der Waals surface area contributed by atoms with Crippen LogP contribution in [0, 0.1) is 5.82 Å². The zero-order valence-corrected chi connectivity index (χ0v) is 16.1. The van der Waals surface area contributed by atoms with Crippen molar-refractivity contribution in [2.45, 2.75) is 20.1 Å². The number of ether oxygens (including phenoxy) is 1. The average molecular weight is 386 g/mol. The van der Waals surface area contributed by atoms with E-state index in [9.17, 15) is 4.39 Å². The first-order chi connectivity index (χ1) is 14.1. The summed E-state index contributed by atoms with van der Waals surface area (Å²) in [6.45, 7) is 3.91. The number of pyridine rings is 1. The second-order valence-electron chi connectivity index (χ2n) is 7.08. The van der Waals surface area contributed by atoms with Crippen LogP contribution in [0.25, 0.3) is 27.8 Å². The average Bonchev–Trinajstić information content (AvgIpc) is 3.31. The molecule has 3 heterocycles. The van der Waals surface area contributed by atoms with Gasteiger partial charge in [0.1, 0.15) is 17.8 Å². The molecule has 6 heteroatoms. The van der Waals surface area contributed by atoms with Gasteiger partial charge >= 0.3 is 0 Å². The number of halogens is 1. The first-order valence-corrected chi connectivity index (χ1v) is 9.42. The van der Waals surface area contributed by atoms with Crippen LogP contribution in [0.1, 0.15) is 13.8 Å². The maximum atomic E-state index is 14.7. The first-order valence-electron chi connectivity index (χ1n) is 9.42. The van der Waals surface area contributed by atoms with E-state index in [0.717, 1.165) is 27.9 Å². The maximum absolute atomic E-state index is 14.7. The van der Waals surface area contributed by atoms with Gasteiger partial charge in [0.15, 0.2) is 11.9 Å². The minimum atomic E-state index is -0.348. The van der Waals surface area contributed by atoms with Crippen LogP contribution < -0.4 is 4.90 Å². The fraction of sp³-hybridized carbons (Fsp3) is 0.130. The molecular weight excluding hydrogens is 367 g/mol. The summed E-state index contributed by atoms with van der Waals surface area (Å²) in [5.41, 5.74) is 4.83. The van der Waals surface area contributed by atoms with E-state index in [1.807, 2.05) is 61.3 Å². The number of nitrogens with zero attached hydrogens (tertiary/aromatic N) is 4. The molecular formula is C23H19FN4O. The van der Waals surface area contributed by atoms with Crippen LogP contribution >= 0.6 is 0 Å². The van der Waals surface area contributed by atoms with Crippen molar-refractivity contribution in [3.8, 4) is 16.8 Å². The van der Waals surface area contributed by atoms with Crippen LogP contribution in [0.5, 0.6) is 0 Å². The number of hydrogen-bond donors (Lipinski definition) is 0. The van der Waals surface area contributed by atoms with E-state index in [4.69, 9.17) is 4.74 Å². The highest BCUT2D eigenvalue weighted by atomic mass is 19.1. The smallest absolute Gasteiger partial charge is 0.181 e. The third kappa shape index (κ3) is 3.02. The van der Waals surface area contributed by atoms with Gasteiger partial charge in [-0.1, -0.05) is 30.3 Å². The monoisotopic (exact) mass is 386 g/mol. The van der Waals surface area contributed by atoms with Gasteiger partial charge in [0, 0.05) is 29.0 Å². The molecule has 5 rings (SSSR count). The number of aromatic nitrogens is 3. The molecule has 1 atom stereocenters. The lowest BCUT2D eigenvalue weighted by molar-refractivity contribution is 0.190. The second-order valence-corrected chi connectivity index (χ2v) is 7.08. The molecule has 1 unspecified atom stereocenters. The number of anilines is 1. The van der Waals surface area contributed by atoms with Crippen molar-refractivity contribution in [1.82, 2.24) is 14.8 Å². The lowest BCUT2D eigenvalue weighted by atomic mass is 10.1. The first kappa shape index (κ1) is 17.4. The largest absolute Gasteiger partial charge is 0.476 e. The summed E-state index contributed by atoms with van der Waals surface area (Å²) in [5.74, 6) is -0.348. The van der Waals surface area contributed by atoms with E-state index in [2.05, 4.69) is 10.1 Å². The summed E-state index contributed by atoms with van der Waals surface area (Å²) in [6.07, 6.45) is 5.17. The van der Waals surface area contributed by atoms with Crippen LogP contribution in [0.3, 0.4) is 0 Å². The highest BCUT2D eigenvalue weighted by molar-refractivity contribution is 5.81. The molecule has 0 spiro atoms. The van der Waals surface area contributed by atoms with Gasteiger partial charge in [0.2, 0.25) is 0 Å². The van der Waals surface area contributed by atoms with Gasteiger partial charge in [0.05, 0.1) is 5.70 Å². The van der Waals surface area contributed by atoms with Crippen LogP contribution in [-0.4, -0.2) is 21.0 Å². The van der Waals surface area contributed by atoms with Gasteiger partial charge in [0.25, 0.3) is 0 Å². The molecule has 0 aliphatic carbocycles. The van der Waals surface area contributed by atoms with Gasteiger partial charge in [-0.2, -0.15) is 0 Å². The van der Waals surface area contributed by atoms with Crippen molar-refractivity contribution >= 4 is 16.7 Å². The van der Waals surface area contributed by atoms with E-state index in [0.29, 0.717) is 11.3 Å². The summed E-state index contributed by atoms with van der Waals surface area (Å²) < 4.78 is 21.8. The predicted octanol–water partition coefficient (Wildman–Crippen LogP) is 5.27. The maximum Gasteiger partial charge on any atom is 0.181 e. The second kappa shape index (κ2) is 6.74. The Kier molecular flexibility index (Phi) is 4.05. The summed E-state index contributed by atoms with van der Waals surface area (Å²) >= 11 is 0. The van der Waals surface area contributed by atoms with Crippen LogP contribution in [0.15, 0.2) is 79.0 Å². The third-order valence-electron chi connectivity index (χ3n) is 5.10. The van der Waals surface area contributed by atoms with E-state index >= 15 is 0 Å². The standard InChI is InChI=1S/C23H19FN4O/c1-15-14-29-16(2)28(15)20-8-9-21(24)22(11-20)27-13-19-10-18(12-25-23(19)26-27)17-6-4-3-5-7-17/h3-14,16H,1-2H3. The molecule has 29 heavy (non-hydrogen) atoms. The summed E-state index contributed by atoms with van der Waals surface area (Å²) in [6, 6.07) is 17.0. The van der Waals surface area contributed by atoms with Crippen molar-refractivity contribution in [3.63, 3.8) is 0 Å². The van der Waals surface area contributed by atoms with Crippen LogP contribution in [-0.2, 0) is 4.74 Å². The molecule has 0 bridgehead atoms. The van der Waals surface area contributed by atoms with E-state index in [1.165, 1.54) is 6.07 Å². The Balaban J connectivity index is 1.57. The highest BCUT2D eigenvalue weighted by Crippen LogP contribution is 2.30. The molecule has 4 aromatic rings. The quantitative estimate of drug-likeness (QED) is 0.481. The van der Waals surface area contributed by atoms with Gasteiger partial charge < -0.3 is 9.64 Å². The van der Waals surface area contributed by atoms with Crippen molar-refractivity contribution in [2.75, 3.05) is 4.90 Å². The molecule has 0 N–H and O–H groups in total. The van der Waals surface area contributed by atoms with Crippen molar-refractivity contribution in [3.05, 3.63) is 84.8 Å². The van der Waals surface area contributed by atoms with Crippen LogP contribution in [0.2, 0.25) is 0 Å². The van der Waals surface area contributed by atoms with Crippen molar-refractivity contribution < 1.29 is 9.13 Å². The molecule has 2 aromatic heterocycles. The number of benzene rings is 2. The Morgan fingerprint density at radius 3 is 2.62 bits per heavy atom. The fourth-order valence-electron chi connectivity index (χ4n) is 3.67. The summed E-state index contributed by atoms with van der Waals surface area (Å²) in [7, 11) is 0. The number of fused-ring (bicyclic) bond motifs is 1. The fourth-order valence-corrected chi connectivity index (χ4v) is 3.67.